The first-order valence-electron chi connectivity index (χ1n) is 11.4. The average molecular weight is 465 g/mol. The first-order chi connectivity index (χ1) is 15.9. The van der Waals surface area contributed by atoms with Crippen LogP contribution in [-0.2, 0) is 11.2 Å². The highest BCUT2D eigenvalue weighted by Gasteiger charge is 2.25. The topological polar surface area (TPSA) is 49.4 Å². The van der Waals surface area contributed by atoms with Crippen molar-refractivity contribution in [3.8, 4) is 0 Å². The van der Waals surface area contributed by atoms with Gasteiger partial charge in [0, 0.05) is 26.1 Å². The minimum Gasteiger partial charge on any atom is -0.340 e. The van der Waals surface area contributed by atoms with Crippen molar-refractivity contribution >= 4 is 17.5 Å². The molecule has 3 rings (SSSR count). The van der Waals surface area contributed by atoms with Crippen molar-refractivity contribution in [3.63, 3.8) is 0 Å². The third kappa shape index (κ3) is 9.18. The van der Waals surface area contributed by atoms with Crippen molar-refractivity contribution in [3.05, 3.63) is 101 Å². The molecule has 0 aliphatic rings. The Labute approximate surface area is 204 Å². The fourth-order valence-corrected chi connectivity index (χ4v) is 3.02. The van der Waals surface area contributed by atoms with Gasteiger partial charge in [-0.3, -0.25) is 9.59 Å². The highest BCUT2D eigenvalue weighted by atomic mass is 19.1. The second kappa shape index (κ2) is 12.1. The molecule has 1 N–H and O–H groups in total. The molecule has 3 aromatic carbocycles. The van der Waals surface area contributed by atoms with Gasteiger partial charge in [0.05, 0.1) is 0 Å². The summed E-state index contributed by atoms with van der Waals surface area (Å²) in [5.74, 6) is -1.07. The first kappa shape index (κ1) is 26.8. The largest absolute Gasteiger partial charge is 0.340 e. The summed E-state index contributed by atoms with van der Waals surface area (Å²) >= 11 is 0. The average Bonchev–Trinajstić information content (AvgIpc) is 2.78. The summed E-state index contributed by atoms with van der Waals surface area (Å²) in [6, 6.07) is 21.6. The van der Waals surface area contributed by atoms with E-state index in [1.165, 1.54) is 29.2 Å². The molecule has 0 bridgehead atoms. The van der Waals surface area contributed by atoms with E-state index in [9.17, 15) is 14.0 Å². The lowest BCUT2D eigenvalue weighted by molar-refractivity contribution is -0.120. The minimum absolute atomic E-state index is 0. The van der Waals surface area contributed by atoms with Gasteiger partial charge in [0.1, 0.15) is 11.9 Å². The van der Waals surface area contributed by atoms with Crippen molar-refractivity contribution in [2.75, 3.05) is 11.9 Å². The van der Waals surface area contributed by atoms with Gasteiger partial charge in [-0.1, -0.05) is 75.7 Å². The van der Waals surface area contributed by atoms with E-state index in [0.29, 0.717) is 17.4 Å². The van der Waals surface area contributed by atoms with Crippen molar-refractivity contribution in [2.24, 2.45) is 5.41 Å². The Bertz CT molecular complexity index is 1060. The van der Waals surface area contributed by atoms with E-state index in [2.05, 4.69) is 33.0 Å². The third-order valence-corrected chi connectivity index (χ3v) is 4.74. The summed E-state index contributed by atoms with van der Waals surface area (Å²) in [5.41, 5.74) is 3.58. The maximum Gasteiger partial charge on any atom is 0.251 e. The predicted molar refractivity (Wildman–Crippen MR) is 140 cm³/mol. The lowest BCUT2D eigenvalue weighted by Crippen LogP contribution is -2.48. The molecule has 3 aromatic rings. The first-order valence-corrected chi connectivity index (χ1v) is 11.4. The van der Waals surface area contributed by atoms with Crippen LogP contribution in [0.25, 0.3) is 0 Å². The summed E-state index contributed by atoms with van der Waals surface area (Å²) in [4.78, 5) is 27.4. The van der Waals surface area contributed by atoms with Crippen molar-refractivity contribution in [2.45, 2.75) is 47.1 Å². The summed E-state index contributed by atoms with van der Waals surface area (Å²) in [5, 5.41) is 2.81. The second-order valence-corrected chi connectivity index (χ2v) is 9.96. The van der Waals surface area contributed by atoms with Crippen molar-refractivity contribution < 1.29 is 15.4 Å². The molecule has 0 saturated heterocycles. The number of nitrogens with zero attached hydrogens (tertiary/aromatic N) is 1. The quantitative estimate of drug-likeness (QED) is 0.457. The lowest BCUT2D eigenvalue weighted by Gasteiger charge is -2.25. The molecule has 2 amide bonds. The van der Waals surface area contributed by atoms with E-state index in [1.807, 2.05) is 61.5 Å². The summed E-state index contributed by atoms with van der Waals surface area (Å²) < 4.78 is 13.2. The zero-order valence-electron chi connectivity index (χ0n) is 20.9. The van der Waals surface area contributed by atoms with E-state index < -0.39 is 17.8 Å². The Morgan fingerprint density at radius 1 is 0.912 bits per heavy atom. The second-order valence-electron chi connectivity index (χ2n) is 9.96. The zero-order chi connectivity index (χ0) is 25.3. The Hall–Kier alpha value is -3.47. The van der Waals surface area contributed by atoms with Gasteiger partial charge in [-0.05, 0) is 54.3 Å². The van der Waals surface area contributed by atoms with Crippen LogP contribution in [0.5, 0.6) is 0 Å². The molecule has 0 aromatic heterocycles. The van der Waals surface area contributed by atoms with Gasteiger partial charge >= 0.3 is 0 Å². The number of hydrogen-bond acceptors (Lipinski definition) is 2. The SMILES string of the molecule is CC(C)(C)C.Cc1ccc(N(C)C(=O)[C@H](Cc2ccccc2)NC(=O)c2ccc(F)cc2)cc1.[HH]. The molecule has 4 nitrogen and oxygen atoms in total. The number of benzene rings is 3. The molecule has 0 radical (unpaired) electrons. The number of carbonyl (C=O) groups excluding carboxylic acids is 2. The molecule has 182 valence electrons. The van der Waals surface area contributed by atoms with Gasteiger partial charge in [-0.2, -0.15) is 0 Å². The number of rotatable bonds is 6. The number of carbonyl (C=O) groups is 2. The lowest BCUT2D eigenvalue weighted by atomic mass is 10.0. The molecule has 0 aliphatic carbocycles. The van der Waals surface area contributed by atoms with Gasteiger partial charge in [0.15, 0.2) is 0 Å². The Balaban J connectivity index is 0.000000927. The number of hydrogen-bond donors (Lipinski definition) is 1. The molecule has 0 fully saturated rings. The molecular formula is C29H37FN2O2. The van der Waals surface area contributed by atoms with E-state index in [1.54, 1.807) is 7.05 Å². The van der Waals surface area contributed by atoms with Crippen molar-refractivity contribution in [1.29, 1.82) is 0 Å². The summed E-state index contributed by atoms with van der Waals surface area (Å²) in [7, 11) is 1.69. The van der Waals surface area contributed by atoms with Crippen LogP contribution >= 0.6 is 0 Å². The van der Waals surface area contributed by atoms with Crippen molar-refractivity contribution in [1.82, 2.24) is 5.32 Å². The van der Waals surface area contributed by atoms with Gasteiger partial charge < -0.3 is 10.2 Å². The van der Waals surface area contributed by atoms with Crippen LogP contribution in [-0.4, -0.2) is 24.9 Å². The minimum atomic E-state index is -0.763. The zero-order valence-corrected chi connectivity index (χ0v) is 20.9. The molecule has 34 heavy (non-hydrogen) atoms. The van der Waals surface area contributed by atoms with E-state index in [-0.39, 0.29) is 7.33 Å². The highest BCUT2D eigenvalue weighted by Crippen LogP contribution is 2.16. The number of likely N-dealkylation sites (N-methyl/N-ethyl adjacent to an activating group) is 1. The standard InChI is InChI=1S/C24H23FN2O2.C5H12.H2/c1-17-8-14-21(15-9-17)27(2)24(29)22(16-18-6-4-3-5-7-18)26-23(28)19-10-12-20(25)13-11-19;1-5(2,3)4;/h3-15,22H,16H2,1-2H3,(H,26,28);1-4H3;1H/t22-;;/m0../s1. The Morgan fingerprint density at radius 3 is 1.97 bits per heavy atom. The highest BCUT2D eigenvalue weighted by molar-refractivity contribution is 6.02. The van der Waals surface area contributed by atoms with Crippen LogP contribution in [0.1, 0.15) is 50.6 Å². The molecule has 0 spiro atoms. The molecule has 0 saturated carbocycles. The van der Waals surface area contributed by atoms with E-state index in [4.69, 9.17) is 0 Å². The maximum atomic E-state index is 13.2. The molecule has 0 heterocycles. The Kier molecular flexibility index (Phi) is 9.55. The molecule has 0 unspecified atom stereocenters. The predicted octanol–water partition coefficient (Wildman–Crippen LogP) is 6.44. The number of halogens is 1. The monoisotopic (exact) mass is 464 g/mol. The number of amides is 2. The van der Waals surface area contributed by atoms with E-state index >= 15 is 0 Å². The van der Waals surface area contributed by atoms with Crippen LogP contribution in [0.2, 0.25) is 0 Å². The van der Waals surface area contributed by atoms with Crippen LogP contribution < -0.4 is 10.2 Å². The summed E-state index contributed by atoms with van der Waals surface area (Å²) in [6.45, 7) is 10.7. The normalized spacial score (nSPS) is 11.6. The van der Waals surface area contributed by atoms with Crippen LogP contribution in [0.15, 0.2) is 78.9 Å². The van der Waals surface area contributed by atoms with Gasteiger partial charge in [-0.15, -0.1) is 0 Å². The Morgan fingerprint density at radius 2 is 1.44 bits per heavy atom. The molecule has 1 atom stereocenters. The van der Waals surface area contributed by atoms with Crippen LogP contribution in [0.3, 0.4) is 0 Å². The molecule has 5 heteroatoms. The van der Waals surface area contributed by atoms with Crippen LogP contribution in [0.4, 0.5) is 10.1 Å². The van der Waals surface area contributed by atoms with Gasteiger partial charge in [-0.25, -0.2) is 4.39 Å². The number of anilines is 1. The summed E-state index contributed by atoms with van der Waals surface area (Å²) in [6.07, 6.45) is 0.350. The van der Waals surface area contributed by atoms with E-state index in [0.717, 1.165) is 16.8 Å². The fourth-order valence-electron chi connectivity index (χ4n) is 3.02. The maximum absolute atomic E-state index is 13.2. The number of nitrogens with one attached hydrogen (secondary N) is 1. The third-order valence-electron chi connectivity index (χ3n) is 4.74. The van der Waals surface area contributed by atoms with Gasteiger partial charge in [0.2, 0.25) is 5.91 Å². The number of aryl methyl sites for hydroxylation is 1. The fraction of sp³-hybridized carbons (Fsp3) is 0.310. The van der Waals surface area contributed by atoms with Gasteiger partial charge in [0.25, 0.3) is 5.91 Å². The molecule has 0 aliphatic heterocycles. The molecular weight excluding hydrogens is 427 g/mol. The van der Waals surface area contributed by atoms with Crippen LogP contribution in [0, 0.1) is 18.2 Å². The smallest absolute Gasteiger partial charge is 0.251 e.